The van der Waals surface area contributed by atoms with Crippen LogP contribution in [-0.4, -0.2) is 30.8 Å². The Morgan fingerprint density at radius 2 is 2.07 bits per heavy atom. The number of likely N-dealkylation sites (tertiary alicyclic amines) is 1. The predicted octanol–water partition coefficient (Wildman–Crippen LogP) is 1.92. The molecule has 0 radical (unpaired) electrons. The van der Waals surface area contributed by atoms with Crippen molar-refractivity contribution in [1.29, 1.82) is 0 Å². The van der Waals surface area contributed by atoms with Gasteiger partial charge in [-0.15, -0.1) is 0 Å². The third kappa shape index (κ3) is 1.25. The van der Waals surface area contributed by atoms with Crippen LogP contribution in [0.1, 0.15) is 28.3 Å². The summed E-state index contributed by atoms with van der Waals surface area (Å²) in [5.41, 5.74) is 2.25. The smallest absolute Gasteiger partial charge is 0.166 e. The first-order valence-corrected chi connectivity index (χ1v) is 5.59. The summed E-state index contributed by atoms with van der Waals surface area (Å²) >= 11 is 0. The van der Waals surface area contributed by atoms with Crippen LogP contribution in [0, 0.1) is 5.92 Å². The second-order valence-electron chi connectivity index (χ2n) is 4.72. The molecule has 1 aromatic rings. The van der Waals surface area contributed by atoms with E-state index in [9.17, 15) is 4.79 Å². The molecule has 1 aliphatic carbocycles. The van der Waals surface area contributed by atoms with Crippen molar-refractivity contribution >= 4 is 5.78 Å². The quantitative estimate of drug-likeness (QED) is 0.639. The number of fused-ring (bicyclic) bond motifs is 3. The highest BCUT2D eigenvalue weighted by Gasteiger charge is 2.41. The van der Waals surface area contributed by atoms with Gasteiger partial charge in [-0.05, 0) is 25.6 Å². The Morgan fingerprint density at radius 1 is 1.27 bits per heavy atom. The minimum Gasteiger partial charge on any atom is -0.306 e. The van der Waals surface area contributed by atoms with Gasteiger partial charge in [-0.3, -0.25) is 4.79 Å². The lowest BCUT2D eigenvalue weighted by molar-refractivity contribution is 0.0861. The van der Waals surface area contributed by atoms with Gasteiger partial charge in [0.05, 0.1) is 0 Å². The molecule has 0 aromatic heterocycles. The highest BCUT2D eigenvalue weighted by molar-refractivity contribution is 6.03. The van der Waals surface area contributed by atoms with E-state index in [1.807, 2.05) is 18.2 Å². The van der Waals surface area contributed by atoms with Gasteiger partial charge < -0.3 is 4.90 Å². The summed E-state index contributed by atoms with van der Waals surface area (Å²) in [5.74, 6) is 1.09. The molecule has 2 heteroatoms. The number of benzene rings is 1. The molecule has 1 aliphatic heterocycles. The normalized spacial score (nSPS) is 30.1. The number of hydrogen-bond donors (Lipinski definition) is 0. The van der Waals surface area contributed by atoms with Gasteiger partial charge in [0.2, 0.25) is 0 Å². The molecule has 78 valence electrons. The molecule has 2 nitrogen and oxygen atoms in total. The van der Waals surface area contributed by atoms with Crippen molar-refractivity contribution < 1.29 is 4.79 Å². The average molecular weight is 201 g/mol. The van der Waals surface area contributed by atoms with Crippen molar-refractivity contribution in [1.82, 2.24) is 4.90 Å². The van der Waals surface area contributed by atoms with Crippen LogP contribution < -0.4 is 0 Å². The van der Waals surface area contributed by atoms with Crippen molar-refractivity contribution in [3.63, 3.8) is 0 Å². The SMILES string of the molecule is CN1CC[C@H]2C(=O)c3ccccc3[C@@H]2C1. The number of nitrogens with zero attached hydrogens (tertiary/aromatic N) is 1. The van der Waals surface area contributed by atoms with Crippen molar-refractivity contribution in [2.45, 2.75) is 12.3 Å². The number of carbonyl (C=O) groups is 1. The van der Waals surface area contributed by atoms with E-state index >= 15 is 0 Å². The molecule has 15 heavy (non-hydrogen) atoms. The van der Waals surface area contributed by atoms with Crippen LogP contribution >= 0.6 is 0 Å². The Balaban J connectivity index is 2.06. The zero-order valence-electron chi connectivity index (χ0n) is 8.94. The summed E-state index contributed by atoms with van der Waals surface area (Å²) in [6, 6.07) is 8.12. The van der Waals surface area contributed by atoms with Crippen molar-refractivity contribution in [2.24, 2.45) is 5.92 Å². The van der Waals surface area contributed by atoms with Gasteiger partial charge in [0.25, 0.3) is 0 Å². The molecule has 0 bridgehead atoms. The molecule has 0 unspecified atom stereocenters. The van der Waals surface area contributed by atoms with E-state index in [1.54, 1.807) is 0 Å². The maximum absolute atomic E-state index is 12.1. The monoisotopic (exact) mass is 201 g/mol. The Bertz CT molecular complexity index is 413. The molecule has 0 saturated carbocycles. The molecular formula is C13H15NO. The third-order valence-corrected chi connectivity index (χ3v) is 3.78. The third-order valence-electron chi connectivity index (χ3n) is 3.78. The van der Waals surface area contributed by atoms with E-state index in [2.05, 4.69) is 18.0 Å². The van der Waals surface area contributed by atoms with Crippen LogP contribution in [0.3, 0.4) is 0 Å². The summed E-state index contributed by atoms with van der Waals surface area (Å²) in [6.45, 7) is 2.09. The van der Waals surface area contributed by atoms with Gasteiger partial charge in [-0.1, -0.05) is 24.3 Å². The molecule has 1 fully saturated rings. The molecule has 3 rings (SSSR count). The second kappa shape index (κ2) is 3.17. The maximum Gasteiger partial charge on any atom is 0.166 e. The molecule has 0 N–H and O–H groups in total. The van der Waals surface area contributed by atoms with Crippen molar-refractivity contribution in [3.05, 3.63) is 35.4 Å². The molecule has 1 aromatic carbocycles. The van der Waals surface area contributed by atoms with Crippen LogP contribution in [-0.2, 0) is 0 Å². The van der Waals surface area contributed by atoms with Crippen LogP contribution in [0.25, 0.3) is 0 Å². The van der Waals surface area contributed by atoms with E-state index in [-0.39, 0.29) is 5.92 Å². The Morgan fingerprint density at radius 3 is 2.93 bits per heavy atom. The van der Waals surface area contributed by atoms with E-state index in [4.69, 9.17) is 0 Å². The van der Waals surface area contributed by atoms with Crippen LogP contribution in [0.5, 0.6) is 0 Å². The first-order valence-electron chi connectivity index (χ1n) is 5.59. The zero-order chi connectivity index (χ0) is 10.4. The maximum atomic E-state index is 12.1. The summed E-state index contributed by atoms with van der Waals surface area (Å²) in [7, 11) is 2.14. The second-order valence-corrected chi connectivity index (χ2v) is 4.72. The zero-order valence-corrected chi connectivity index (χ0v) is 8.94. The van der Waals surface area contributed by atoms with Gasteiger partial charge in [0, 0.05) is 23.9 Å². The summed E-state index contributed by atoms with van der Waals surface area (Å²) in [4.78, 5) is 14.4. The van der Waals surface area contributed by atoms with Crippen LogP contribution in [0.4, 0.5) is 0 Å². The van der Waals surface area contributed by atoms with E-state index in [0.717, 1.165) is 25.1 Å². The van der Waals surface area contributed by atoms with Crippen LogP contribution in [0.2, 0.25) is 0 Å². The Labute approximate surface area is 89.9 Å². The van der Waals surface area contributed by atoms with Gasteiger partial charge in [-0.25, -0.2) is 0 Å². The van der Waals surface area contributed by atoms with Gasteiger partial charge in [0.15, 0.2) is 5.78 Å². The van der Waals surface area contributed by atoms with Crippen molar-refractivity contribution in [3.8, 4) is 0 Å². The fourth-order valence-electron chi connectivity index (χ4n) is 2.99. The minimum atomic E-state index is 0.263. The first-order chi connectivity index (χ1) is 7.27. The fourth-order valence-corrected chi connectivity index (χ4v) is 2.99. The average Bonchev–Trinajstić information content (AvgIpc) is 2.54. The van der Waals surface area contributed by atoms with E-state index in [1.165, 1.54) is 5.56 Å². The number of Topliss-reactive ketones (excluding diaryl/α,β-unsaturated/α-hetero) is 1. The summed E-state index contributed by atoms with van der Waals surface area (Å²) in [6.07, 6.45) is 1.02. The lowest BCUT2D eigenvalue weighted by Gasteiger charge is -2.31. The number of rotatable bonds is 0. The van der Waals surface area contributed by atoms with Gasteiger partial charge in [0.1, 0.15) is 0 Å². The summed E-state index contributed by atoms with van der Waals surface area (Å²) < 4.78 is 0. The van der Waals surface area contributed by atoms with Crippen LogP contribution in [0.15, 0.2) is 24.3 Å². The Hall–Kier alpha value is -1.15. The highest BCUT2D eigenvalue weighted by Crippen LogP contribution is 2.42. The lowest BCUT2D eigenvalue weighted by atomic mass is 9.86. The fraction of sp³-hybridized carbons (Fsp3) is 0.462. The number of carbonyl (C=O) groups excluding carboxylic acids is 1. The minimum absolute atomic E-state index is 0.263. The van der Waals surface area contributed by atoms with Gasteiger partial charge in [-0.2, -0.15) is 0 Å². The summed E-state index contributed by atoms with van der Waals surface area (Å²) in [5, 5.41) is 0. The van der Waals surface area contributed by atoms with E-state index in [0.29, 0.717) is 11.7 Å². The Kier molecular flexibility index (Phi) is 1.93. The largest absolute Gasteiger partial charge is 0.306 e. The standard InChI is InChI=1S/C13H15NO/c1-14-7-6-11-12(8-14)9-4-2-3-5-10(9)13(11)15/h2-5,11-12H,6-8H2,1H3/t11-,12+/m1/s1. The predicted molar refractivity (Wildman–Crippen MR) is 59.1 cm³/mol. The number of hydrogen-bond acceptors (Lipinski definition) is 2. The first kappa shape index (κ1) is 9.10. The van der Waals surface area contributed by atoms with Gasteiger partial charge >= 0.3 is 0 Å². The number of ketones is 1. The molecule has 0 amide bonds. The highest BCUT2D eigenvalue weighted by atomic mass is 16.1. The van der Waals surface area contributed by atoms with E-state index < -0.39 is 0 Å². The van der Waals surface area contributed by atoms with Crippen molar-refractivity contribution in [2.75, 3.05) is 20.1 Å². The molecule has 2 aliphatic rings. The number of likely N-dealkylation sites (N-methyl/N-ethyl adjacent to an activating group) is 1. The number of piperidine rings is 1. The lowest BCUT2D eigenvalue weighted by Crippen LogP contribution is -2.36. The topological polar surface area (TPSA) is 20.3 Å². The molecular weight excluding hydrogens is 186 g/mol. The molecule has 1 saturated heterocycles. The molecule has 2 atom stereocenters. The molecule has 0 spiro atoms. The molecule has 1 heterocycles.